The zero-order valence-electron chi connectivity index (χ0n) is 5.67. The van der Waals surface area contributed by atoms with Crippen molar-refractivity contribution in [1.82, 2.24) is 5.32 Å². The lowest BCUT2D eigenvalue weighted by atomic mass is 10.3. The van der Waals surface area contributed by atoms with Crippen LogP contribution in [0.1, 0.15) is 0 Å². The van der Waals surface area contributed by atoms with Gasteiger partial charge in [-0.15, -0.1) is 0 Å². The number of ether oxygens (including phenoxy) is 2. The molecular weight excluding hydrogens is 118 g/mol. The third-order valence-corrected chi connectivity index (χ3v) is 1.29. The first kappa shape index (κ1) is 6.99. The van der Waals surface area contributed by atoms with Crippen LogP contribution in [0.25, 0.3) is 0 Å². The number of hydrogen-bond donors (Lipinski definition) is 0. The predicted molar refractivity (Wildman–Crippen MR) is 33.5 cm³/mol. The van der Waals surface area contributed by atoms with Crippen LogP contribution in [-0.2, 0) is 9.47 Å². The molecule has 0 unspecified atom stereocenters. The van der Waals surface area contributed by atoms with Crippen molar-refractivity contribution in [2.24, 2.45) is 0 Å². The highest BCUT2D eigenvalue weighted by Gasteiger charge is 2.12. The fraction of sp³-hybridized carbons (Fsp3) is 1.00. The highest BCUT2D eigenvalue weighted by Crippen LogP contribution is 1.95. The van der Waals surface area contributed by atoms with E-state index in [4.69, 9.17) is 9.47 Å². The van der Waals surface area contributed by atoms with E-state index in [0.29, 0.717) is 6.61 Å². The van der Waals surface area contributed by atoms with E-state index < -0.39 is 0 Å². The van der Waals surface area contributed by atoms with E-state index in [2.05, 4.69) is 5.32 Å². The van der Waals surface area contributed by atoms with Gasteiger partial charge in [0.2, 0.25) is 0 Å². The number of nitrogens with zero attached hydrogens (tertiary/aromatic N) is 1. The molecule has 1 saturated heterocycles. The third kappa shape index (κ3) is 2.30. The van der Waals surface area contributed by atoms with Crippen LogP contribution >= 0.6 is 0 Å². The SMILES string of the molecule is COC[C@H]1C[N]CCO1. The Bertz CT molecular complexity index is 68.7. The second kappa shape index (κ2) is 3.82. The zero-order valence-corrected chi connectivity index (χ0v) is 5.67. The maximum atomic E-state index is 5.30. The van der Waals surface area contributed by atoms with Gasteiger partial charge in [-0.1, -0.05) is 0 Å². The van der Waals surface area contributed by atoms with Gasteiger partial charge in [0.05, 0.1) is 19.3 Å². The monoisotopic (exact) mass is 130 g/mol. The largest absolute Gasteiger partial charge is 0.382 e. The number of morpholine rings is 1. The minimum atomic E-state index is 0.212. The average molecular weight is 130 g/mol. The molecule has 0 saturated carbocycles. The van der Waals surface area contributed by atoms with E-state index in [1.165, 1.54) is 0 Å². The molecule has 0 aliphatic carbocycles. The van der Waals surface area contributed by atoms with Crippen LogP contribution in [0.15, 0.2) is 0 Å². The van der Waals surface area contributed by atoms with Gasteiger partial charge in [0.25, 0.3) is 0 Å². The van der Waals surface area contributed by atoms with E-state index in [1.807, 2.05) is 0 Å². The molecule has 1 aliphatic heterocycles. The van der Waals surface area contributed by atoms with Gasteiger partial charge in [-0.2, -0.15) is 0 Å². The lowest BCUT2D eigenvalue weighted by Crippen LogP contribution is -2.36. The van der Waals surface area contributed by atoms with Crippen molar-refractivity contribution in [3.63, 3.8) is 0 Å². The van der Waals surface area contributed by atoms with Gasteiger partial charge in [0.15, 0.2) is 0 Å². The van der Waals surface area contributed by atoms with Crippen molar-refractivity contribution in [3.8, 4) is 0 Å². The van der Waals surface area contributed by atoms with Crippen molar-refractivity contribution in [1.29, 1.82) is 0 Å². The van der Waals surface area contributed by atoms with Gasteiger partial charge >= 0.3 is 0 Å². The summed E-state index contributed by atoms with van der Waals surface area (Å²) in [5, 5.41) is 4.17. The highest BCUT2D eigenvalue weighted by molar-refractivity contribution is 4.64. The minimum Gasteiger partial charge on any atom is -0.382 e. The van der Waals surface area contributed by atoms with Crippen LogP contribution < -0.4 is 5.32 Å². The summed E-state index contributed by atoms with van der Waals surface area (Å²) in [5.74, 6) is 0. The van der Waals surface area contributed by atoms with E-state index >= 15 is 0 Å². The zero-order chi connectivity index (χ0) is 6.53. The molecule has 1 rings (SSSR count). The first-order chi connectivity index (χ1) is 4.43. The molecule has 1 fully saturated rings. The Balaban J connectivity index is 2.08. The lowest BCUT2D eigenvalue weighted by Gasteiger charge is -2.21. The van der Waals surface area contributed by atoms with Crippen LogP contribution in [0.4, 0.5) is 0 Å². The Kier molecular flexibility index (Phi) is 2.97. The number of hydrogen-bond acceptors (Lipinski definition) is 2. The van der Waals surface area contributed by atoms with E-state index in [9.17, 15) is 0 Å². The van der Waals surface area contributed by atoms with Gasteiger partial charge in [0.1, 0.15) is 0 Å². The van der Waals surface area contributed by atoms with Gasteiger partial charge in [-0.3, -0.25) is 0 Å². The Morgan fingerprint density at radius 1 is 1.78 bits per heavy atom. The van der Waals surface area contributed by atoms with Gasteiger partial charge in [0, 0.05) is 20.2 Å². The fourth-order valence-electron chi connectivity index (χ4n) is 0.859. The van der Waals surface area contributed by atoms with Crippen LogP contribution in [0.3, 0.4) is 0 Å². The molecule has 53 valence electrons. The Morgan fingerprint density at radius 3 is 3.22 bits per heavy atom. The van der Waals surface area contributed by atoms with Gasteiger partial charge in [-0.25, -0.2) is 5.32 Å². The molecule has 0 amide bonds. The van der Waals surface area contributed by atoms with E-state index in [0.717, 1.165) is 19.7 Å². The van der Waals surface area contributed by atoms with E-state index in [1.54, 1.807) is 7.11 Å². The molecular formula is C6H12NO2. The smallest absolute Gasteiger partial charge is 0.0949 e. The second-order valence-corrected chi connectivity index (χ2v) is 2.08. The first-order valence-corrected chi connectivity index (χ1v) is 3.17. The second-order valence-electron chi connectivity index (χ2n) is 2.08. The van der Waals surface area contributed by atoms with Crippen molar-refractivity contribution in [2.75, 3.05) is 33.4 Å². The van der Waals surface area contributed by atoms with Crippen LogP contribution in [0, 0.1) is 0 Å². The normalized spacial score (nSPS) is 28.3. The Labute approximate surface area is 55.3 Å². The molecule has 0 aromatic carbocycles. The molecule has 1 radical (unpaired) electrons. The summed E-state index contributed by atoms with van der Waals surface area (Å²) < 4.78 is 10.2. The molecule has 0 aromatic rings. The summed E-state index contributed by atoms with van der Waals surface area (Å²) in [4.78, 5) is 0. The summed E-state index contributed by atoms with van der Waals surface area (Å²) in [5.41, 5.74) is 0. The lowest BCUT2D eigenvalue weighted by molar-refractivity contribution is -0.0199. The summed E-state index contributed by atoms with van der Waals surface area (Å²) >= 11 is 0. The summed E-state index contributed by atoms with van der Waals surface area (Å²) in [6, 6.07) is 0. The Morgan fingerprint density at radius 2 is 2.67 bits per heavy atom. The van der Waals surface area contributed by atoms with Crippen molar-refractivity contribution in [3.05, 3.63) is 0 Å². The molecule has 0 N–H and O–H groups in total. The molecule has 3 nitrogen and oxygen atoms in total. The summed E-state index contributed by atoms with van der Waals surface area (Å²) in [6.45, 7) is 3.07. The average Bonchev–Trinajstić information content (AvgIpc) is 1.91. The fourth-order valence-corrected chi connectivity index (χ4v) is 0.859. The molecule has 1 heterocycles. The van der Waals surface area contributed by atoms with Crippen LogP contribution in [0.2, 0.25) is 0 Å². The van der Waals surface area contributed by atoms with Crippen molar-refractivity contribution >= 4 is 0 Å². The third-order valence-electron chi connectivity index (χ3n) is 1.29. The number of rotatable bonds is 2. The van der Waals surface area contributed by atoms with Gasteiger partial charge < -0.3 is 9.47 Å². The van der Waals surface area contributed by atoms with Crippen molar-refractivity contribution in [2.45, 2.75) is 6.10 Å². The molecule has 1 aliphatic rings. The predicted octanol–water partition coefficient (Wildman–Crippen LogP) is -0.364. The quantitative estimate of drug-likeness (QED) is 0.511. The summed E-state index contributed by atoms with van der Waals surface area (Å²) in [7, 11) is 1.68. The standard InChI is InChI=1S/C6H12NO2/c1-8-5-6-4-7-2-3-9-6/h6H,2-5H2,1H3/t6-/m1/s1. The maximum Gasteiger partial charge on any atom is 0.0949 e. The first-order valence-electron chi connectivity index (χ1n) is 3.17. The molecule has 1 atom stereocenters. The molecule has 0 spiro atoms. The van der Waals surface area contributed by atoms with Crippen LogP contribution in [0.5, 0.6) is 0 Å². The minimum absolute atomic E-state index is 0.212. The molecule has 0 aromatic heterocycles. The number of methoxy groups -OCH3 is 1. The summed E-state index contributed by atoms with van der Waals surface area (Å²) in [6.07, 6.45) is 0.212. The topological polar surface area (TPSA) is 32.6 Å². The highest BCUT2D eigenvalue weighted by atomic mass is 16.5. The Hall–Kier alpha value is -0.120. The molecule has 3 heteroatoms. The van der Waals surface area contributed by atoms with Crippen molar-refractivity contribution < 1.29 is 9.47 Å². The maximum absolute atomic E-state index is 5.30. The van der Waals surface area contributed by atoms with E-state index in [-0.39, 0.29) is 6.10 Å². The molecule has 9 heavy (non-hydrogen) atoms. The van der Waals surface area contributed by atoms with Gasteiger partial charge in [-0.05, 0) is 0 Å². The molecule has 0 bridgehead atoms. The van der Waals surface area contributed by atoms with Crippen LogP contribution in [-0.4, -0.2) is 39.5 Å².